The molecular formula is C19H20N4O. The molecule has 5 heteroatoms. The number of aromatic nitrogens is 3. The summed E-state index contributed by atoms with van der Waals surface area (Å²) in [6.45, 7) is 2.03. The van der Waals surface area contributed by atoms with E-state index in [1.165, 1.54) is 0 Å². The smallest absolute Gasteiger partial charge is 0.163 e. The number of fused-ring (bicyclic) bond motifs is 1. The van der Waals surface area contributed by atoms with Gasteiger partial charge in [0.05, 0.1) is 5.52 Å². The third-order valence-corrected chi connectivity index (χ3v) is 4.58. The molecule has 1 fully saturated rings. The first kappa shape index (κ1) is 15.0. The fourth-order valence-corrected chi connectivity index (χ4v) is 3.33. The lowest BCUT2D eigenvalue weighted by molar-refractivity contribution is 0.208. The molecule has 1 N–H and O–H groups in total. The molecule has 0 saturated carbocycles. The number of aliphatic hydroxyl groups is 1. The minimum absolute atomic E-state index is 0.231. The number of benzene rings is 1. The van der Waals surface area contributed by atoms with Gasteiger partial charge in [0.25, 0.3) is 0 Å². The van der Waals surface area contributed by atoms with E-state index in [1.807, 2.05) is 30.3 Å². The van der Waals surface area contributed by atoms with Crippen LogP contribution in [0.1, 0.15) is 12.8 Å². The molecule has 0 aliphatic carbocycles. The highest BCUT2D eigenvalue weighted by molar-refractivity contribution is 5.91. The van der Waals surface area contributed by atoms with Crippen molar-refractivity contribution in [3.63, 3.8) is 0 Å². The first-order valence-corrected chi connectivity index (χ1v) is 8.38. The van der Waals surface area contributed by atoms with E-state index in [2.05, 4.69) is 16.0 Å². The van der Waals surface area contributed by atoms with E-state index < -0.39 is 0 Å². The zero-order chi connectivity index (χ0) is 16.4. The van der Waals surface area contributed by atoms with E-state index in [0.29, 0.717) is 11.7 Å². The van der Waals surface area contributed by atoms with Gasteiger partial charge in [-0.3, -0.25) is 4.98 Å². The lowest BCUT2D eigenvalue weighted by atomic mass is 9.99. The standard InChI is InChI=1S/C19H20N4O/c24-13-14-5-4-10-23(12-14)19-16-7-1-2-8-17(16)21-18(22-19)15-6-3-9-20-11-15/h1-3,6-9,11,14,24H,4-5,10,12-13H2. The van der Waals surface area contributed by atoms with Crippen LogP contribution in [0.5, 0.6) is 0 Å². The van der Waals surface area contributed by atoms with E-state index in [0.717, 1.165) is 48.2 Å². The molecule has 4 rings (SSSR count). The summed E-state index contributed by atoms with van der Waals surface area (Å²) in [6.07, 6.45) is 5.69. The van der Waals surface area contributed by atoms with Crippen LogP contribution < -0.4 is 4.90 Å². The van der Waals surface area contributed by atoms with Crippen LogP contribution in [0.4, 0.5) is 5.82 Å². The Morgan fingerprint density at radius 1 is 1.12 bits per heavy atom. The first-order chi connectivity index (χ1) is 11.8. The zero-order valence-corrected chi connectivity index (χ0v) is 13.5. The van der Waals surface area contributed by atoms with Gasteiger partial charge in [-0.15, -0.1) is 0 Å². The lowest BCUT2D eigenvalue weighted by Gasteiger charge is -2.33. The van der Waals surface area contributed by atoms with Crippen molar-refractivity contribution in [1.29, 1.82) is 0 Å². The maximum Gasteiger partial charge on any atom is 0.163 e. The second-order valence-electron chi connectivity index (χ2n) is 6.27. The number of aliphatic hydroxyl groups excluding tert-OH is 1. The highest BCUT2D eigenvalue weighted by Crippen LogP contribution is 2.30. The minimum Gasteiger partial charge on any atom is -0.396 e. The van der Waals surface area contributed by atoms with Gasteiger partial charge in [0.1, 0.15) is 5.82 Å². The average Bonchev–Trinajstić information content (AvgIpc) is 2.68. The van der Waals surface area contributed by atoms with Crippen molar-refractivity contribution in [3.8, 4) is 11.4 Å². The summed E-state index contributed by atoms with van der Waals surface area (Å²) in [5.74, 6) is 1.97. The Morgan fingerprint density at radius 2 is 2.04 bits per heavy atom. The monoisotopic (exact) mass is 320 g/mol. The minimum atomic E-state index is 0.231. The molecule has 1 aliphatic heterocycles. The summed E-state index contributed by atoms with van der Waals surface area (Å²) in [7, 11) is 0. The molecule has 3 aromatic rings. The largest absolute Gasteiger partial charge is 0.396 e. The van der Waals surface area contributed by atoms with E-state index in [9.17, 15) is 5.11 Å². The molecule has 1 atom stereocenters. The third kappa shape index (κ3) is 2.83. The molecule has 122 valence electrons. The maximum atomic E-state index is 9.53. The Bertz CT molecular complexity index is 837. The molecule has 1 aromatic carbocycles. The summed E-state index contributed by atoms with van der Waals surface area (Å²) in [5, 5.41) is 10.6. The van der Waals surface area contributed by atoms with Gasteiger partial charge in [0.15, 0.2) is 5.82 Å². The van der Waals surface area contributed by atoms with Gasteiger partial charge in [-0.25, -0.2) is 9.97 Å². The van der Waals surface area contributed by atoms with Crippen LogP contribution in [0.15, 0.2) is 48.8 Å². The fourth-order valence-electron chi connectivity index (χ4n) is 3.33. The molecule has 1 aliphatic rings. The predicted octanol–water partition coefficient (Wildman–Crippen LogP) is 2.90. The van der Waals surface area contributed by atoms with Crippen LogP contribution in [-0.4, -0.2) is 39.8 Å². The Labute approximate surface area is 141 Å². The Hall–Kier alpha value is -2.53. The second-order valence-corrected chi connectivity index (χ2v) is 6.27. The van der Waals surface area contributed by atoms with Gasteiger partial charge in [-0.2, -0.15) is 0 Å². The third-order valence-electron chi connectivity index (χ3n) is 4.58. The van der Waals surface area contributed by atoms with Crippen molar-refractivity contribution < 1.29 is 5.11 Å². The maximum absolute atomic E-state index is 9.53. The fraction of sp³-hybridized carbons (Fsp3) is 0.316. The van der Waals surface area contributed by atoms with Crippen LogP contribution in [0, 0.1) is 5.92 Å². The number of nitrogens with zero attached hydrogens (tertiary/aromatic N) is 4. The SMILES string of the molecule is OCC1CCCN(c2nc(-c3cccnc3)nc3ccccc23)C1. The predicted molar refractivity (Wildman–Crippen MR) is 94.8 cm³/mol. The van der Waals surface area contributed by atoms with Crippen LogP contribution in [0.2, 0.25) is 0 Å². The number of hydrogen-bond acceptors (Lipinski definition) is 5. The summed E-state index contributed by atoms with van der Waals surface area (Å²) >= 11 is 0. The van der Waals surface area contributed by atoms with Crippen LogP contribution >= 0.6 is 0 Å². The molecule has 0 spiro atoms. The number of rotatable bonds is 3. The van der Waals surface area contributed by atoms with Gasteiger partial charge in [0.2, 0.25) is 0 Å². The van der Waals surface area contributed by atoms with Crippen molar-refractivity contribution >= 4 is 16.7 Å². The average molecular weight is 320 g/mol. The Balaban J connectivity index is 1.84. The van der Waals surface area contributed by atoms with Crippen molar-refractivity contribution in [1.82, 2.24) is 15.0 Å². The van der Waals surface area contributed by atoms with Gasteiger partial charge in [0, 0.05) is 43.0 Å². The van der Waals surface area contributed by atoms with Gasteiger partial charge in [-0.05, 0) is 43.0 Å². The molecule has 0 bridgehead atoms. The number of anilines is 1. The first-order valence-electron chi connectivity index (χ1n) is 8.38. The topological polar surface area (TPSA) is 62.1 Å². The van der Waals surface area contributed by atoms with E-state index >= 15 is 0 Å². The van der Waals surface area contributed by atoms with Crippen molar-refractivity contribution in [2.24, 2.45) is 5.92 Å². The van der Waals surface area contributed by atoms with Crippen molar-refractivity contribution in [2.45, 2.75) is 12.8 Å². The molecule has 2 aromatic heterocycles. The quantitative estimate of drug-likeness (QED) is 0.804. The molecule has 1 unspecified atom stereocenters. The normalized spacial score (nSPS) is 18.0. The van der Waals surface area contributed by atoms with Gasteiger partial charge < -0.3 is 10.0 Å². The van der Waals surface area contributed by atoms with Gasteiger partial charge >= 0.3 is 0 Å². The summed E-state index contributed by atoms with van der Waals surface area (Å²) in [5.41, 5.74) is 1.85. The summed E-state index contributed by atoms with van der Waals surface area (Å²) in [6, 6.07) is 12.0. The number of piperidine rings is 1. The van der Waals surface area contributed by atoms with Crippen LogP contribution in [0.3, 0.4) is 0 Å². The van der Waals surface area contributed by atoms with E-state index in [-0.39, 0.29) is 6.61 Å². The molecule has 0 amide bonds. The summed E-state index contributed by atoms with van der Waals surface area (Å²) in [4.78, 5) is 16.0. The highest BCUT2D eigenvalue weighted by atomic mass is 16.3. The van der Waals surface area contributed by atoms with Crippen molar-refractivity contribution in [2.75, 3.05) is 24.6 Å². The Morgan fingerprint density at radius 3 is 2.88 bits per heavy atom. The lowest BCUT2D eigenvalue weighted by Crippen LogP contribution is -2.37. The molecular weight excluding hydrogens is 300 g/mol. The van der Waals surface area contributed by atoms with Gasteiger partial charge in [-0.1, -0.05) is 12.1 Å². The molecule has 24 heavy (non-hydrogen) atoms. The van der Waals surface area contributed by atoms with Crippen LogP contribution in [-0.2, 0) is 0 Å². The second kappa shape index (κ2) is 6.53. The van der Waals surface area contributed by atoms with E-state index in [4.69, 9.17) is 9.97 Å². The number of pyridine rings is 1. The molecule has 1 saturated heterocycles. The molecule has 0 radical (unpaired) electrons. The zero-order valence-electron chi connectivity index (χ0n) is 13.5. The molecule has 5 nitrogen and oxygen atoms in total. The van der Waals surface area contributed by atoms with Crippen LogP contribution in [0.25, 0.3) is 22.3 Å². The Kier molecular flexibility index (Phi) is 4.09. The number of hydrogen-bond donors (Lipinski definition) is 1. The summed E-state index contributed by atoms with van der Waals surface area (Å²) < 4.78 is 0. The highest BCUT2D eigenvalue weighted by Gasteiger charge is 2.22. The molecule has 3 heterocycles. The van der Waals surface area contributed by atoms with E-state index in [1.54, 1.807) is 12.4 Å². The number of para-hydroxylation sites is 1. The van der Waals surface area contributed by atoms with Crippen molar-refractivity contribution in [3.05, 3.63) is 48.8 Å².